The summed E-state index contributed by atoms with van der Waals surface area (Å²) >= 11 is 0. The molecule has 1 heterocycles. The number of rotatable bonds is 4. The van der Waals surface area contributed by atoms with Gasteiger partial charge in [-0.15, -0.1) is 0 Å². The van der Waals surface area contributed by atoms with Crippen molar-refractivity contribution >= 4 is 10.0 Å². The van der Waals surface area contributed by atoms with Crippen LogP contribution in [0.2, 0.25) is 0 Å². The Bertz CT molecular complexity index is 570. The van der Waals surface area contributed by atoms with Crippen molar-refractivity contribution in [2.24, 2.45) is 0 Å². The lowest BCUT2D eigenvalue weighted by Crippen LogP contribution is -2.43. The van der Waals surface area contributed by atoms with Gasteiger partial charge in [0, 0.05) is 19.6 Å². The van der Waals surface area contributed by atoms with E-state index in [-0.39, 0.29) is 13.2 Å². The van der Waals surface area contributed by atoms with Crippen LogP contribution in [0.4, 0.5) is 8.78 Å². The predicted octanol–water partition coefficient (Wildman–Crippen LogP) is 0.394. The second kappa shape index (κ2) is 5.12. The summed E-state index contributed by atoms with van der Waals surface area (Å²) in [6.07, 6.45) is 0.313. The standard InChI is InChI=1S/C11H13F2NO4S/c12-9-2-1-8(5-10(9)13)19(16,17)14-6-11(15)3-4-18-7-11/h1-2,5,14-15H,3-4,6-7H2. The fraction of sp³-hybridized carbons (Fsp3) is 0.455. The van der Waals surface area contributed by atoms with E-state index in [0.717, 1.165) is 12.1 Å². The van der Waals surface area contributed by atoms with Crippen LogP contribution in [0.15, 0.2) is 23.1 Å². The molecule has 1 aliphatic rings. The zero-order valence-electron chi connectivity index (χ0n) is 9.90. The van der Waals surface area contributed by atoms with E-state index in [1.165, 1.54) is 0 Å². The fourth-order valence-corrected chi connectivity index (χ4v) is 2.82. The fourth-order valence-electron chi connectivity index (χ4n) is 1.69. The second-order valence-corrected chi connectivity index (χ2v) is 6.19. The molecule has 0 spiro atoms. The normalized spacial score (nSPS) is 23.7. The van der Waals surface area contributed by atoms with Gasteiger partial charge in [-0.05, 0) is 18.2 Å². The monoisotopic (exact) mass is 293 g/mol. The Morgan fingerprint density at radius 1 is 1.37 bits per heavy atom. The van der Waals surface area contributed by atoms with Crippen LogP contribution in [-0.2, 0) is 14.8 Å². The molecule has 19 heavy (non-hydrogen) atoms. The minimum Gasteiger partial charge on any atom is -0.386 e. The quantitative estimate of drug-likeness (QED) is 0.842. The molecule has 0 radical (unpaired) electrons. The van der Waals surface area contributed by atoms with Crippen molar-refractivity contribution in [3.05, 3.63) is 29.8 Å². The Kier molecular flexibility index (Phi) is 3.86. The van der Waals surface area contributed by atoms with Crippen LogP contribution in [0.3, 0.4) is 0 Å². The van der Waals surface area contributed by atoms with Crippen molar-refractivity contribution in [2.75, 3.05) is 19.8 Å². The molecule has 0 aromatic heterocycles. The predicted molar refractivity (Wildman–Crippen MR) is 61.9 cm³/mol. The number of halogens is 2. The van der Waals surface area contributed by atoms with Crippen LogP contribution in [0.25, 0.3) is 0 Å². The molecule has 2 N–H and O–H groups in total. The van der Waals surface area contributed by atoms with Gasteiger partial charge in [0.25, 0.3) is 0 Å². The number of ether oxygens (including phenoxy) is 1. The molecule has 1 aromatic carbocycles. The number of aliphatic hydroxyl groups is 1. The Morgan fingerprint density at radius 2 is 2.11 bits per heavy atom. The van der Waals surface area contributed by atoms with Gasteiger partial charge in [-0.25, -0.2) is 21.9 Å². The first kappa shape index (κ1) is 14.3. The number of hydrogen-bond donors (Lipinski definition) is 2. The van der Waals surface area contributed by atoms with E-state index in [0.29, 0.717) is 19.1 Å². The molecule has 1 aromatic rings. The van der Waals surface area contributed by atoms with Crippen molar-refractivity contribution in [3.63, 3.8) is 0 Å². The SMILES string of the molecule is O=S(=O)(NCC1(O)CCOC1)c1ccc(F)c(F)c1. The molecule has 1 saturated heterocycles. The number of nitrogens with one attached hydrogen (secondary N) is 1. The zero-order valence-corrected chi connectivity index (χ0v) is 10.7. The zero-order chi connectivity index (χ0) is 14.1. The summed E-state index contributed by atoms with van der Waals surface area (Å²) in [7, 11) is -4.00. The molecule has 0 amide bonds. The molecule has 0 bridgehead atoms. The van der Waals surface area contributed by atoms with Crippen LogP contribution in [0.1, 0.15) is 6.42 Å². The van der Waals surface area contributed by atoms with Gasteiger partial charge in [-0.2, -0.15) is 0 Å². The lowest BCUT2D eigenvalue weighted by Gasteiger charge is -2.20. The van der Waals surface area contributed by atoms with Gasteiger partial charge in [-0.1, -0.05) is 0 Å². The summed E-state index contributed by atoms with van der Waals surface area (Å²) in [6, 6.07) is 2.28. The first-order valence-electron chi connectivity index (χ1n) is 5.57. The second-order valence-electron chi connectivity index (χ2n) is 4.43. The van der Waals surface area contributed by atoms with Crippen molar-refractivity contribution in [3.8, 4) is 0 Å². The third kappa shape index (κ3) is 3.27. The molecule has 1 unspecified atom stereocenters. The highest BCUT2D eigenvalue weighted by molar-refractivity contribution is 7.89. The van der Waals surface area contributed by atoms with Crippen LogP contribution < -0.4 is 4.72 Å². The Morgan fingerprint density at radius 3 is 2.68 bits per heavy atom. The molecule has 1 atom stereocenters. The third-order valence-electron chi connectivity index (χ3n) is 2.88. The average molecular weight is 293 g/mol. The van der Waals surface area contributed by atoms with Crippen LogP contribution in [0.5, 0.6) is 0 Å². The van der Waals surface area contributed by atoms with Gasteiger partial charge in [0.2, 0.25) is 10.0 Å². The van der Waals surface area contributed by atoms with Crippen molar-refractivity contribution in [1.82, 2.24) is 4.72 Å². The lowest BCUT2D eigenvalue weighted by molar-refractivity contribution is 0.0314. The Labute approximate surface area is 109 Å². The summed E-state index contributed by atoms with van der Waals surface area (Å²) in [5.74, 6) is -2.37. The molecule has 1 aliphatic heterocycles. The van der Waals surface area contributed by atoms with E-state index < -0.39 is 32.2 Å². The average Bonchev–Trinajstić information content (AvgIpc) is 2.78. The van der Waals surface area contributed by atoms with Gasteiger partial charge in [0.1, 0.15) is 5.60 Å². The van der Waals surface area contributed by atoms with Crippen LogP contribution in [-0.4, -0.2) is 38.9 Å². The summed E-state index contributed by atoms with van der Waals surface area (Å²) in [5, 5.41) is 9.91. The van der Waals surface area contributed by atoms with Gasteiger partial charge >= 0.3 is 0 Å². The maximum Gasteiger partial charge on any atom is 0.240 e. The maximum atomic E-state index is 13.0. The van der Waals surface area contributed by atoms with E-state index in [2.05, 4.69) is 4.72 Å². The molecule has 5 nitrogen and oxygen atoms in total. The van der Waals surface area contributed by atoms with E-state index >= 15 is 0 Å². The number of hydrogen-bond acceptors (Lipinski definition) is 4. The van der Waals surface area contributed by atoms with E-state index in [4.69, 9.17) is 4.74 Å². The highest BCUT2D eigenvalue weighted by Gasteiger charge is 2.33. The highest BCUT2D eigenvalue weighted by Crippen LogP contribution is 2.19. The molecule has 1 fully saturated rings. The summed E-state index contributed by atoms with van der Waals surface area (Å²) < 4.78 is 56.5. The first-order valence-corrected chi connectivity index (χ1v) is 7.06. The molecule has 2 rings (SSSR count). The topological polar surface area (TPSA) is 75.6 Å². The first-order chi connectivity index (χ1) is 8.82. The molecule has 0 aliphatic carbocycles. The van der Waals surface area contributed by atoms with Crippen LogP contribution >= 0.6 is 0 Å². The minimum atomic E-state index is -4.00. The maximum absolute atomic E-state index is 13.0. The minimum absolute atomic E-state index is 0.0350. The molecular weight excluding hydrogens is 280 g/mol. The van der Waals surface area contributed by atoms with Crippen LogP contribution in [0, 0.1) is 11.6 Å². The smallest absolute Gasteiger partial charge is 0.240 e. The molecule has 106 valence electrons. The van der Waals surface area contributed by atoms with Crippen molar-refractivity contribution in [1.29, 1.82) is 0 Å². The van der Waals surface area contributed by atoms with Gasteiger partial charge < -0.3 is 9.84 Å². The van der Waals surface area contributed by atoms with E-state index in [1.54, 1.807) is 0 Å². The van der Waals surface area contributed by atoms with E-state index in [1.807, 2.05) is 0 Å². The largest absolute Gasteiger partial charge is 0.386 e. The van der Waals surface area contributed by atoms with Crippen molar-refractivity contribution in [2.45, 2.75) is 16.9 Å². The van der Waals surface area contributed by atoms with Gasteiger partial charge in [0.15, 0.2) is 11.6 Å². The van der Waals surface area contributed by atoms with E-state index in [9.17, 15) is 22.3 Å². The van der Waals surface area contributed by atoms with Gasteiger partial charge in [-0.3, -0.25) is 0 Å². The number of benzene rings is 1. The lowest BCUT2D eigenvalue weighted by atomic mass is 10.1. The highest BCUT2D eigenvalue weighted by atomic mass is 32.2. The summed E-state index contributed by atoms with van der Waals surface area (Å²) in [4.78, 5) is -0.395. The molecule has 0 saturated carbocycles. The molecular formula is C11H13F2NO4S. The molecule has 8 heteroatoms. The Hall–Kier alpha value is -1.09. The third-order valence-corrected chi connectivity index (χ3v) is 4.27. The Balaban J connectivity index is 2.11. The summed E-state index contributed by atoms with van der Waals surface area (Å²) in [5.41, 5.74) is -1.26. The van der Waals surface area contributed by atoms with Gasteiger partial charge in [0.05, 0.1) is 11.5 Å². The van der Waals surface area contributed by atoms with Crippen molar-refractivity contribution < 1.29 is 27.0 Å². The summed E-state index contributed by atoms with van der Waals surface area (Å²) in [6.45, 7) is 0.144. The number of sulfonamides is 1.